The van der Waals surface area contributed by atoms with Gasteiger partial charge in [0, 0.05) is 0 Å². The van der Waals surface area contributed by atoms with Crippen molar-refractivity contribution >= 4 is 22.5 Å². The molecule has 0 aromatic carbocycles. The van der Waals surface area contributed by atoms with Gasteiger partial charge in [0.25, 0.3) is 0 Å². The number of rotatable bonds is 15. The Kier molecular flexibility index (Phi) is 20.9. The van der Waals surface area contributed by atoms with Crippen LogP contribution < -0.4 is 0 Å². The first kappa shape index (κ1) is 28.8. The third-order valence-corrected chi connectivity index (χ3v) is 4.58. The van der Waals surface area contributed by atoms with Gasteiger partial charge in [-0.15, -0.1) is 12.6 Å². The highest BCUT2D eigenvalue weighted by atomic mass is 32.2. The topological polar surface area (TPSA) is 104 Å². The Bertz CT molecular complexity index is 463. The van der Waals surface area contributed by atoms with Crippen molar-refractivity contribution in [3.63, 3.8) is 0 Å². The van der Waals surface area contributed by atoms with Crippen molar-refractivity contribution in [3.05, 3.63) is 0 Å². The molecular weight excluding hydrogens is 384 g/mol. The number of hydrogen-bond acceptors (Lipinski definition) is 7. The summed E-state index contributed by atoms with van der Waals surface area (Å²) in [5, 5.41) is 0. The second-order valence-electron chi connectivity index (χ2n) is 6.90. The molecule has 0 fully saturated rings. The summed E-state index contributed by atoms with van der Waals surface area (Å²) in [6.07, 6.45) is 9.12. The van der Waals surface area contributed by atoms with Crippen LogP contribution in [-0.2, 0) is 29.7 Å². The van der Waals surface area contributed by atoms with E-state index in [2.05, 4.69) is 27.7 Å². The molecule has 0 aliphatic rings. The lowest BCUT2D eigenvalue weighted by molar-refractivity contribution is -0.151. The second kappa shape index (κ2) is 20.3. The Hall–Kier alpha value is -1.44. The van der Waals surface area contributed by atoms with E-state index in [-0.39, 0.29) is 24.8 Å². The smallest absolute Gasteiger partial charge is 0.425 e. The fourth-order valence-corrected chi connectivity index (χ4v) is 2.57. The molecule has 0 aromatic rings. The maximum atomic E-state index is 11.7. The molecular formula is C20H38O7S. The first-order valence-corrected chi connectivity index (χ1v) is 11.4. The summed E-state index contributed by atoms with van der Waals surface area (Å²) in [7, 11) is -3.11. The van der Waals surface area contributed by atoms with E-state index < -0.39 is 10.6 Å². The normalized spacial score (nSPS) is 12.3. The van der Waals surface area contributed by atoms with Crippen LogP contribution in [0.5, 0.6) is 0 Å². The summed E-state index contributed by atoms with van der Waals surface area (Å²) in [6, 6.07) is 0. The van der Waals surface area contributed by atoms with E-state index in [1.165, 1.54) is 12.8 Å². The molecule has 7 nitrogen and oxygen atoms in total. The molecule has 166 valence electrons. The van der Waals surface area contributed by atoms with Gasteiger partial charge < -0.3 is 9.47 Å². The van der Waals surface area contributed by atoms with E-state index >= 15 is 0 Å². The maximum Gasteiger partial charge on any atom is 0.425 e. The van der Waals surface area contributed by atoms with Crippen molar-refractivity contribution < 1.29 is 31.7 Å². The van der Waals surface area contributed by atoms with Gasteiger partial charge in [-0.1, -0.05) is 66.2 Å². The van der Waals surface area contributed by atoms with E-state index in [1.807, 2.05) is 0 Å². The molecule has 28 heavy (non-hydrogen) atoms. The highest BCUT2D eigenvalue weighted by Gasteiger charge is 2.14. The van der Waals surface area contributed by atoms with Gasteiger partial charge in [0.15, 0.2) is 0 Å². The molecule has 0 N–H and O–H groups in total. The molecule has 2 atom stereocenters. The molecule has 0 heterocycles. The van der Waals surface area contributed by atoms with Crippen LogP contribution in [0.25, 0.3) is 0 Å². The predicted molar refractivity (Wildman–Crippen MR) is 107 cm³/mol. The summed E-state index contributed by atoms with van der Waals surface area (Å²) in [5.74, 6) is 0.286. The van der Waals surface area contributed by atoms with Gasteiger partial charge in [-0.2, -0.15) is 0 Å². The van der Waals surface area contributed by atoms with E-state index in [9.17, 15) is 9.59 Å². The van der Waals surface area contributed by atoms with Gasteiger partial charge in [0.05, 0.1) is 26.1 Å². The molecule has 0 bridgehead atoms. The average Bonchev–Trinajstić information content (AvgIpc) is 2.66. The molecule has 2 unspecified atom stereocenters. The molecule has 0 rings (SSSR count). The van der Waals surface area contributed by atoms with Crippen LogP contribution in [0.15, 0.2) is 0 Å². The lowest BCUT2D eigenvalue weighted by Crippen LogP contribution is -2.17. The van der Waals surface area contributed by atoms with Crippen LogP contribution in [-0.4, -0.2) is 37.8 Å². The van der Waals surface area contributed by atoms with Crippen molar-refractivity contribution in [3.8, 4) is 0 Å². The van der Waals surface area contributed by atoms with Crippen molar-refractivity contribution in [2.45, 2.75) is 91.9 Å². The first-order valence-electron chi connectivity index (χ1n) is 10.4. The van der Waals surface area contributed by atoms with Crippen molar-refractivity contribution in [1.29, 1.82) is 0 Å². The lowest BCUT2D eigenvalue weighted by atomic mass is 10.0. The monoisotopic (exact) mass is 422 g/mol. The van der Waals surface area contributed by atoms with Gasteiger partial charge >= 0.3 is 22.5 Å². The van der Waals surface area contributed by atoms with Gasteiger partial charge in [0.2, 0.25) is 0 Å². The fourth-order valence-electron chi connectivity index (χ4n) is 2.57. The fraction of sp³-hybridized carbons (Fsp3) is 0.900. The standard InChI is InChI=1S/C20H38O4.O3S/c1-5-9-11-17(7-3)15-23-19(21)13-14-20(22)24-16-18(8-4)12-10-6-2;1-4(2)3/h17-18H,5-16H2,1-4H3;. The van der Waals surface area contributed by atoms with Gasteiger partial charge in [0.1, 0.15) is 0 Å². The minimum atomic E-state index is -3.11. The molecule has 8 heteroatoms. The summed E-state index contributed by atoms with van der Waals surface area (Å²) in [6.45, 7) is 9.51. The van der Waals surface area contributed by atoms with Gasteiger partial charge in [-0.25, -0.2) is 0 Å². The molecule has 0 spiro atoms. The third kappa shape index (κ3) is 20.9. The van der Waals surface area contributed by atoms with E-state index in [0.717, 1.165) is 38.5 Å². The van der Waals surface area contributed by atoms with E-state index in [1.54, 1.807) is 0 Å². The molecule has 0 saturated carbocycles. The summed E-state index contributed by atoms with van der Waals surface area (Å²) >= 11 is 0. The Balaban J connectivity index is 0. The molecule has 0 aromatic heterocycles. The Morgan fingerprint density at radius 3 is 1.29 bits per heavy atom. The van der Waals surface area contributed by atoms with Crippen LogP contribution in [0.3, 0.4) is 0 Å². The summed E-state index contributed by atoms with van der Waals surface area (Å²) in [4.78, 5) is 23.5. The Labute approximate surface area is 171 Å². The zero-order valence-electron chi connectivity index (χ0n) is 17.9. The largest absolute Gasteiger partial charge is 0.465 e. The third-order valence-electron chi connectivity index (χ3n) is 4.58. The number of hydrogen-bond donors (Lipinski definition) is 0. The van der Waals surface area contributed by atoms with Gasteiger partial charge in [-0.05, 0) is 24.7 Å². The minimum absolute atomic E-state index is 0.120. The van der Waals surface area contributed by atoms with Crippen molar-refractivity contribution in [2.75, 3.05) is 13.2 Å². The molecule has 0 amide bonds. The predicted octanol–water partition coefficient (Wildman–Crippen LogP) is 4.28. The quantitative estimate of drug-likeness (QED) is 0.363. The molecule has 0 radical (unpaired) electrons. The van der Waals surface area contributed by atoms with Crippen LogP contribution in [0, 0.1) is 11.8 Å². The lowest BCUT2D eigenvalue weighted by Gasteiger charge is -2.15. The zero-order chi connectivity index (χ0) is 21.8. The number of carbonyl (C=O) groups excluding carboxylic acids is 2. The van der Waals surface area contributed by atoms with Gasteiger partial charge in [-0.3, -0.25) is 9.59 Å². The minimum Gasteiger partial charge on any atom is -0.465 e. The van der Waals surface area contributed by atoms with E-state index in [0.29, 0.717) is 25.0 Å². The average molecular weight is 423 g/mol. The van der Waals surface area contributed by atoms with E-state index in [4.69, 9.17) is 22.1 Å². The highest BCUT2D eigenvalue weighted by Crippen LogP contribution is 2.14. The zero-order valence-corrected chi connectivity index (χ0v) is 18.7. The number of carbonyl (C=O) groups is 2. The van der Waals surface area contributed by atoms with Crippen LogP contribution in [0.2, 0.25) is 0 Å². The number of unbranched alkanes of at least 4 members (excludes halogenated alkanes) is 2. The highest BCUT2D eigenvalue weighted by molar-refractivity contribution is 7.59. The molecule has 0 aliphatic heterocycles. The van der Waals surface area contributed by atoms with Crippen molar-refractivity contribution in [2.24, 2.45) is 11.8 Å². The van der Waals surface area contributed by atoms with Crippen molar-refractivity contribution in [1.82, 2.24) is 0 Å². The number of esters is 2. The van der Waals surface area contributed by atoms with Crippen LogP contribution in [0.1, 0.15) is 91.9 Å². The SMILES string of the molecule is CCCCC(CC)COC(=O)CCC(=O)OCC(CC)CCCC.O=S(=O)=O. The Morgan fingerprint density at radius 1 is 0.714 bits per heavy atom. The van der Waals surface area contributed by atoms with Crippen LogP contribution in [0.4, 0.5) is 0 Å². The Morgan fingerprint density at radius 2 is 1.04 bits per heavy atom. The molecule has 0 aliphatic carbocycles. The maximum absolute atomic E-state index is 11.7. The first-order chi connectivity index (χ1) is 13.3. The summed E-state index contributed by atoms with van der Waals surface area (Å²) in [5.41, 5.74) is 0. The second-order valence-corrected chi connectivity index (χ2v) is 7.31. The van der Waals surface area contributed by atoms with Crippen LogP contribution >= 0.6 is 0 Å². The molecule has 0 saturated heterocycles. The summed E-state index contributed by atoms with van der Waals surface area (Å²) < 4.78 is 35.9. The number of ether oxygens (including phenoxy) is 2.